The molecule has 0 unspecified atom stereocenters. The average Bonchev–Trinajstić information content (AvgIpc) is 3.40. The van der Waals surface area contributed by atoms with Crippen LogP contribution in [0.1, 0.15) is 89.7 Å². The summed E-state index contributed by atoms with van der Waals surface area (Å²) < 4.78 is 6.37. The zero-order valence-corrected chi connectivity index (χ0v) is 20.2. The number of rotatable bonds is 4. The van der Waals surface area contributed by atoms with Crippen LogP contribution >= 0.6 is 11.8 Å². The van der Waals surface area contributed by atoms with Crippen molar-refractivity contribution in [1.82, 2.24) is 0 Å². The number of hydrogen-bond acceptors (Lipinski definition) is 5. The minimum Gasteiger partial charge on any atom is -0.511 e. The molecule has 1 aromatic rings. The van der Waals surface area contributed by atoms with E-state index in [-0.39, 0.29) is 17.1 Å². The molecule has 4 nitrogen and oxygen atoms in total. The van der Waals surface area contributed by atoms with Crippen LogP contribution in [0.5, 0.6) is 0 Å². The Hall–Kier alpha value is -1.62. The van der Waals surface area contributed by atoms with Gasteiger partial charge in [-0.05, 0) is 73.1 Å². The first-order chi connectivity index (χ1) is 14.6. The Labute approximate surface area is 191 Å². The number of carbonyl (C=O) groups is 1. The number of cyclic esters (lactones) is 1. The number of aliphatic hydroxyl groups excluding tert-OH is 1. The number of aryl methyl sites for hydroxylation is 1. The number of thioether (sulfide) groups is 1. The highest BCUT2D eigenvalue weighted by Crippen LogP contribution is 2.53. The van der Waals surface area contributed by atoms with Crippen LogP contribution in [0, 0.1) is 18.8 Å². The summed E-state index contributed by atoms with van der Waals surface area (Å²) in [5.41, 5.74) is 8.36. The molecule has 0 radical (unpaired) electrons. The molecule has 1 aliphatic heterocycles. The summed E-state index contributed by atoms with van der Waals surface area (Å²) in [7, 11) is 0. The lowest BCUT2D eigenvalue weighted by Gasteiger charge is -2.45. The van der Waals surface area contributed by atoms with Gasteiger partial charge in [-0.15, -0.1) is 0 Å². The Balaban J connectivity index is 1.70. The van der Waals surface area contributed by atoms with Crippen molar-refractivity contribution in [2.45, 2.75) is 101 Å². The van der Waals surface area contributed by atoms with Crippen molar-refractivity contribution >= 4 is 23.4 Å². The topological polar surface area (TPSA) is 72.5 Å². The number of benzene rings is 1. The van der Waals surface area contributed by atoms with Crippen molar-refractivity contribution in [3.8, 4) is 0 Å². The van der Waals surface area contributed by atoms with Gasteiger partial charge in [0, 0.05) is 17.0 Å². The second-order valence-corrected chi connectivity index (χ2v) is 11.9. The Kier molecular flexibility index (Phi) is 6.10. The molecule has 4 rings (SSSR count). The maximum absolute atomic E-state index is 13.4. The van der Waals surface area contributed by atoms with E-state index in [9.17, 15) is 9.90 Å². The maximum atomic E-state index is 13.4. The van der Waals surface area contributed by atoms with Crippen molar-refractivity contribution < 1.29 is 14.6 Å². The van der Waals surface area contributed by atoms with Gasteiger partial charge < -0.3 is 15.6 Å². The normalized spacial score (nSPS) is 22.9. The molecule has 3 aliphatic rings. The minimum absolute atomic E-state index is 0.129. The fourth-order valence-electron chi connectivity index (χ4n) is 5.91. The van der Waals surface area contributed by atoms with Gasteiger partial charge in [-0.1, -0.05) is 58.2 Å². The van der Waals surface area contributed by atoms with Gasteiger partial charge >= 0.3 is 5.97 Å². The largest absolute Gasteiger partial charge is 0.511 e. The van der Waals surface area contributed by atoms with Crippen LogP contribution in [0.4, 0.5) is 5.69 Å². The van der Waals surface area contributed by atoms with E-state index < -0.39 is 5.60 Å². The molecular formula is C26H37NO3S. The van der Waals surface area contributed by atoms with E-state index in [1.165, 1.54) is 37.4 Å². The van der Waals surface area contributed by atoms with E-state index in [4.69, 9.17) is 10.5 Å². The zero-order chi connectivity index (χ0) is 22.4. The average molecular weight is 444 g/mol. The molecule has 1 aromatic carbocycles. The third-order valence-corrected chi connectivity index (χ3v) is 8.82. The second-order valence-electron chi connectivity index (χ2n) is 10.8. The second kappa shape index (κ2) is 8.38. The quantitative estimate of drug-likeness (QED) is 0.395. The number of nitrogen functional groups attached to an aromatic ring is 1. The molecule has 3 N–H and O–H groups in total. The lowest BCUT2D eigenvalue weighted by molar-refractivity contribution is -0.174. The molecule has 1 heterocycles. The highest BCUT2D eigenvalue weighted by Gasteiger charge is 2.53. The van der Waals surface area contributed by atoms with E-state index >= 15 is 0 Å². The van der Waals surface area contributed by atoms with E-state index in [2.05, 4.69) is 20.8 Å². The molecule has 0 bridgehead atoms. The van der Waals surface area contributed by atoms with Gasteiger partial charge in [-0.2, -0.15) is 0 Å². The highest BCUT2D eigenvalue weighted by molar-refractivity contribution is 8.04. The fourth-order valence-corrected chi connectivity index (χ4v) is 7.16. The number of anilines is 1. The van der Waals surface area contributed by atoms with Gasteiger partial charge in [-0.3, -0.25) is 0 Å². The highest BCUT2D eigenvalue weighted by atomic mass is 32.2. The van der Waals surface area contributed by atoms with E-state index in [1.807, 2.05) is 19.1 Å². The van der Waals surface area contributed by atoms with Crippen LogP contribution in [-0.2, 0) is 14.9 Å². The van der Waals surface area contributed by atoms with Crippen LogP contribution in [0.2, 0.25) is 0 Å². The smallest absolute Gasteiger partial charge is 0.349 e. The SMILES string of the molecule is Cc1cc(SC2=C(O)CC(C3CCCC3)(C3CCCC3)OC2=O)c(C(C)(C)C)cc1N. The van der Waals surface area contributed by atoms with Crippen LogP contribution < -0.4 is 5.73 Å². The number of aliphatic hydroxyl groups is 1. The summed E-state index contributed by atoms with van der Waals surface area (Å²) in [5, 5.41) is 11.2. The summed E-state index contributed by atoms with van der Waals surface area (Å²) >= 11 is 1.34. The summed E-state index contributed by atoms with van der Waals surface area (Å²) in [6.07, 6.45) is 9.66. The number of esters is 1. The molecule has 2 saturated carbocycles. The first-order valence-electron chi connectivity index (χ1n) is 11.9. The molecule has 2 aliphatic carbocycles. The van der Waals surface area contributed by atoms with Crippen LogP contribution in [0.3, 0.4) is 0 Å². The number of nitrogens with two attached hydrogens (primary N) is 1. The molecule has 31 heavy (non-hydrogen) atoms. The van der Waals surface area contributed by atoms with E-state index in [0.717, 1.165) is 47.4 Å². The molecule has 0 amide bonds. The number of hydrogen-bond donors (Lipinski definition) is 2. The molecule has 170 valence electrons. The molecular weight excluding hydrogens is 406 g/mol. The Morgan fingerprint density at radius 3 is 2.10 bits per heavy atom. The van der Waals surface area contributed by atoms with Gasteiger partial charge in [-0.25, -0.2) is 4.79 Å². The molecule has 5 heteroatoms. The zero-order valence-electron chi connectivity index (χ0n) is 19.4. The first kappa shape index (κ1) is 22.6. The maximum Gasteiger partial charge on any atom is 0.349 e. The van der Waals surface area contributed by atoms with E-state index in [0.29, 0.717) is 23.2 Å². The van der Waals surface area contributed by atoms with E-state index in [1.54, 1.807) is 0 Å². The van der Waals surface area contributed by atoms with Crippen molar-refractivity contribution in [2.24, 2.45) is 11.8 Å². The van der Waals surface area contributed by atoms with Gasteiger partial charge in [0.25, 0.3) is 0 Å². The third-order valence-electron chi connectivity index (χ3n) is 7.65. The predicted molar refractivity (Wildman–Crippen MR) is 127 cm³/mol. The summed E-state index contributed by atoms with van der Waals surface area (Å²) in [5.74, 6) is 0.616. The first-order valence-corrected chi connectivity index (χ1v) is 12.7. The Bertz CT molecular complexity index is 871. The minimum atomic E-state index is -0.512. The molecule has 0 aromatic heterocycles. The number of ether oxygens (including phenoxy) is 1. The standard InChI is InChI=1S/C26H37NO3S/c1-16-13-22(19(14-20(16)27)25(2,3)4)31-23-21(28)15-26(30-24(23)29,17-9-5-6-10-17)18-11-7-8-12-18/h13-14,17-18,28H,5-12,15,27H2,1-4H3. The van der Waals surface area contributed by atoms with Crippen molar-refractivity contribution in [3.63, 3.8) is 0 Å². The lowest BCUT2D eigenvalue weighted by atomic mass is 9.71. The van der Waals surface area contributed by atoms with Gasteiger partial charge in [0.1, 0.15) is 16.3 Å². The lowest BCUT2D eigenvalue weighted by Crippen LogP contribution is -2.50. The predicted octanol–water partition coefficient (Wildman–Crippen LogP) is 6.80. The molecule has 0 spiro atoms. The van der Waals surface area contributed by atoms with Gasteiger partial charge in [0.05, 0.1) is 0 Å². The van der Waals surface area contributed by atoms with Crippen molar-refractivity contribution in [1.29, 1.82) is 0 Å². The van der Waals surface area contributed by atoms with Crippen LogP contribution in [0.15, 0.2) is 27.7 Å². The van der Waals surface area contributed by atoms with Gasteiger partial charge in [0.2, 0.25) is 0 Å². The van der Waals surface area contributed by atoms with Gasteiger partial charge in [0.15, 0.2) is 0 Å². The monoisotopic (exact) mass is 443 g/mol. The third kappa shape index (κ3) is 4.22. The fraction of sp³-hybridized carbons (Fsp3) is 0.654. The molecule has 0 atom stereocenters. The summed E-state index contributed by atoms with van der Waals surface area (Å²) in [6, 6.07) is 4.04. The summed E-state index contributed by atoms with van der Waals surface area (Å²) in [6.45, 7) is 8.39. The molecule has 0 saturated heterocycles. The summed E-state index contributed by atoms with van der Waals surface area (Å²) in [4.78, 5) is 14.7. The van der Waals surface area contributed by atoms with Crippen molar-refractivity contribution in [3.05, 3.63) is 33.9 Å². The Morgan fingerprint density at radius 1 is 1.06 bits per heavy atom. The molecule has 2 fully saturated rings. The van der Waals surface area contributed by atoms with Crippen LogP contribution in [0.25, 0.3) is 0 Å². The van der Waals surface area contributed by atoms with Crippen molar-refractivity contribution in [2.75, 3.05) is 5.73 Å². The number of carbonyl (C=O) groups excluding carboxylic acids is 1. The Morgan fingerprint density at radius 2 is 1.61 bits per heavy atom. The van der Waals surface area contributed by atoms with Crippen LogP contribution in [-0.4, -0.2) is 16.7 Å².